The molecule has 0 saturated heterocycles. The van der Waals surface area contributed by atoms with Crippen molar-refractivity contribution in [2.24, 2.45) is 5.92 Å². The van der Waals surface area contributed by atoms with Crippen molar-refractivity contribution >= 4 is 18.4 Å². The Balaban J connectivity index is 0.00000312. The van der Waals surface area contributed by atoms with Crippen molar-refractivity contribution in [3.63, 3.8) is 0 Å². The number of aliphatic hydroxyl groups is 1. The van der Waals surface area contributed by atoms with Crippen molar-refractivity contribution < 1.29 is 14.6 Å². The fraction of sp³-hybridized carbons (Fsp3) is 0.650. The highest BCUT2D eigenvalue weighted by atomic mass is 35.5. The van der Waals surface area contributed by atoms with Gasteiger partial charge in [0.25, 0.3) is 0 Å². The predicted octanol–water partition coefficient (Wildman–Crippen LogP) is 3.63. The van der Waals surface area contributed by atoms with Crippen molar-refractivity contribution in [2.75, 3.05) is 26.2 Å². The van der Waals surface area contributed by atoms with E-state index in [1.807, 2.05) is 30.3 Å². The standard InChI is InChI=1S/C20H31NO3.ClH/c1-3-21(4-2)14-15-24-20(23)18(16-10-6-5-7-11-16)19(22)17-12-8-9-13-17;/h5-7,10-11,17-19,22H,3-4,8-9,12-15H2,1-2H3;1H. The molecule has 0 aromatic heterocycles. The minimum Gasteiger partial charge on any atom is -0.464 e. The van der Waals surface area contributed by atoms with E-state index in [4.69, 9.17) is 4.74 Å². The molecule has 1 fully saturated rings. The molecule has 1 aromatic rings. The summed E-state index contributed by atoms with van der Waals surface area (Å²) in [5.74, 6) is -0.677. The third-order valence-corrected chi connectivity index (χ3v) is 5.18. The number of carbonyl (C=O) groups excluding carboxylic acids is 1. The zero-order chi connectivity index (χ0) is 17.4. The normalized spacial score (nSPS) is 17.1. The van der Waals surface area contributed by atoms with Gasteiger partial charge in [-0.1, -0.05) is 57.0 Å². The summed E-state index contributed by atoms with van der Waals surface area (Å²) in [4.78, 5) is 14.9. The summed E-state index contributed by atoms with van der Waals surface area (Å²) < 4.78 is 5.53. The zero-order valence-corrected chi connectivity index (χ0v) is 16.2. The molecule has 0 spiro atoms. The van der Waals surface area contributed by atoms with Crippen LogP contribution in [0, 0.1) is 5.92 Å². The van der Waals surface area contributed by atoms with Crippen molar-refractivity contribution in [3.05, 3.63) is 35.9 Å². The first-order chi connectivity index (χ1) is 11.7. The summed E-state index contributed by atoms with van der Waals surface area (Å²) in [6, 6.07) is 9.57. The van der Waals surface area contributed by atoms with E-state index in [1.165, 1.54) is 0 Å². The predicted molar refractivity (Wildman–Crippen MR) is 103 cm³/mol. The second-order valence-electron chi connectivity index (χ2n) is 6.62. The fourth-order valence-corrected chi connectivity index (χ4v) is 3.61. The van der Waals surface area contributed by atoms with E-state index in [9.17, 15) is 9.90 Å². The molecule has 1 saturated carbocycles. The largest absolute Gasteiger partial charge is 0.464 e. The minimum atomic E-state index is -0.657. The summed E-state index contributed by atoms with van der Waals surface area (Å²) in [5, 5.41) is 10.8. The molecule has 0 heterocycles. The topological polar surface area (TPSA) is 49.8 Å². The molecular weight excluding hydrogens is 338 g/mol. The van der Waals surface area contributed by atoms with Crippen LogP contribution in [0.25, 0.3) is 0 Å². The van der Waals surface area contributed by atoms with E-state index in [1.54, 1.807) is 0 Å². The third-order valence-electron chi connectivity index (χ3n) is 5.18. The van der Waals surface area contributed by atoms with Crippen LogP contribution in [0.4, 0.5) is 0 Å². The number of ether oxygens (including phenoxy) is 1. The van der Waals surface area contributed by atoms with Gasteiger partial charge in [-0.05, 0) is 37.4 Å². The summed E-state index contributed by atoms with van der Waals surface area (Å²) in [6.45, 7) is 7.20. The lowest BCUT2D eigenvalue weighted by Gasteiger charge is -2.27. The van der Waals surface area contributed by atoms with E-state index >= 15 is 0 Å². The second kappa shape index (κ2) is 11.5. The molecule has 0 amide bonds. The number of carbonyl (C=O) groups is 1. The molecule has 2 rings (SSSR count). The zero-order valence-electron chi connectivity index (χ0n) is 15.4. The third kappa shape index (κ3) is 6.28. The van der Waals surface area contributed by atoms with Crippen LogP contribution in [0.15, 0.2) is 30.3 Å². The molecule has 2 atom stereocenters. The van der Waals surface area contributed by atoms with Crippen LogP contribution in [-0.4, -0.2) is 48.3 Å². The van der Waals surface area contributed by atoms with Gasteiger partial charge in [-0.15, -0.1) is 12.4 Å². The first kappa shape index (κ1) is 21.9. The lowest BCUT2D eigenvalue weighted by atomic mass is 9.85. The van der Waals surface area contributed by atoms with Gasteiger partial charge in [0.05, 0.1) is 6.10 Å². The number of halogens is 1. The van der Waals surface area contributed by atoms with Gasteiger partial charge < -0.3 is 14.7 Å². The van der Waals surface area contributed by atoms with Crippen LogP contribution < -0.4 is 0 Å². The molecule has 1 aliphatic rings. The maximum Gasteiger partial charge on any atom is 0.316 e. The monoisotopic (exact) mass is 369 g/mol. The molecule has 0 aliphatic heterocycles. The number of aliphatic hydroxyl groups excluding tert-OH is 1. The average Bonchev–Trinajstić information content (AvgIpc) is 3.14. The van der Waals surface area contributed by atoms with Gasteiger partial charge in [-0.25, -0.2) is 0 Å². The summed E-state index contributed by atoms with van der Waals surface area (Å²) in [5.41, 5.74) is 0.852. The van der Waals surface area contributed by atoms with Crippen LogP contribution in [0.1, 0.15) is 51.0 Å². The maximum atomic E-state index is 12.7. The Morgan fingerprint density at radius 2 is 1.80 bits per heavy atom. The highest BCUT2D eigenvalue weighted by Crippen LogP contribution is 2.35. The molecule has 0 radical (unpaired) electrons. The molecular formula is C20H32ClNO3. The Morgan fingerprint density at radius 3 is 2.36 bits per heavy atom. The van der Waals surface area contributed by atoms with Crippen molar-refractivity contribution in [1.82, 2.24) is 4.90 Å². The van der Waals surface area contributed by atoms with Crippen LogP contribution in [0.3, 0.4) is 0 Å². The molecule has 2 unspecified atom stereocenters. The van der Waals surface area contributed by atoms with E-state index in [0.29, 0.717) is 6.61 Å². The van der Waals surface area contributed by atoms with Gasteiger partial charge in [0.1, 0.15) is 12.5 Å². The van der Waals surface area contributed by atoms with Crippen molar-refractivity contribution in [3.8, 4) is 0 Å². The second-order valence-corrected chi connectivity index (χ2v) is 6.62. The highest BCUT2D eigenvalue weighted by Gasteiger charge is 2.36. The smallest absolute Gasteiger partial charge is 0.316 e. The summed E-state index contributed by atoms with van der Waals surface area (Å²) in [6.07, 6.45) is 3.62. The van der Waals surface area contributed by atoms with Gasteiger partial charge >= 0.3 is 5.97 Å². The van der Waals surface area contributed by atoms with Crippen molar-refractivity contribution in [2.45, 2.75) is 51.6 Å². The molecule has 5 heteroatoms. The van der Waals surface area contributed by atoms with Crippen LogP contribution in [0.2, 0.25) is 0 Å². The number of benzene rings is 1. The average molecular weight is 370 g/mol. The number of likely N-dealkylation sites (N-methyl/N-ethyl adjacent to an activating group) is 1. The molecule has 1 aromatic carbocycles. The molecule has 142 valence electrons. The first-order valence-corrected chi connectivity index (χ1v) is 9.29. The summed E-state index contributed by atoms with van der Waals surface area (Å²) in [7, 11) is 0. The maximum absolute atomic E-state index is 12.7. The minimum absolute atomic E-state index is 0. The SMILES string of the molecule is CCN(CC)CCOC(=O)C(c1ccccc1)C(O)C1CCCC1.Cl. The van der Waals surface area contributed by atoms with Crippen LogP contribution >= 0.6 is 12.4 Å². The lowest BCUT2D eigenvalue weighted by Crippen LogP contribution is -2.34. The molecule has 25 heavy (non-hydrogen) atoms. The first-order valence-electron chi connectivity index (χ1n) is 9.29. The number of rotatable bonds is 9. The Labute approximate surface area is 158 Å². The lowest BCUT2D eigenvalue weighted by molar-refractivity contribution is -0.149. The Bertz CT molecular complexity index is 487. The van der Waals surface area contributed by atoms with E-state index in [0.717, 1.165) is 50.9 Å². The van der Waals surface area contributed by atoms with Gasteiger partial charge in [0.15, 0.2) is 0 Å². The van der Waals surface area contributed by atoms with E-state index in [2.05, 4.69) is 18.7 Å². The van der Waals surface area contributed by atoms with Crippen LogP contribution in [-0.2, 0) is 9.53 Å². The Hall–Kier alpha value is -1.10. The number of hydrogen-bond acceptors (Lipinski definition) is 4. The van der Waals surface area contributed by atoms with E-state index < -0.39 is 12.0 Å². The van der Waals surface area contributed by atoms with Gasteiger partial charge in [-0.2, -0.15) is 0 Å². The number of esters is 1. The fourth-order valence-electron chi connectivity index (χ4n) is 3.61. The van der Waals surface area contributed by atoms with E-state index in [-0.39, 0.29) is 24.3 Å². The summed E-state index contributed by atoms with van der Waals surface area (Å²) >= 11 is 0. The van der Waals surface area contributed by atoms with Crippen LogP contribution in [0.5, 0.6) is 0 Å². The molecule has 4 nitrogen and oxygen atoms in total. The Kier molecular flexibility index (Phi) is 10.1. The van der Waals surface area contributed by atoms with Gasteiger partial charge in [-0.3, -0.25) is 4.79 Å². The van der Waals surface area contributed by atoms with Gasteiger partial charge in [0, 0.05) is 6.54 Å². The molecule has 1 N–H and O–H groups in total. The Morgan fingerprint density at radius 1 is 1.20 bits per heavy atom. The quantitative estimate of drug-likeness (QED) is 0.675. The van der Waals surface area contributed by atoms with Gasteiger partial charge in [0.2, 0.25) is 0 Å². The molecule has 1 aliphatic carbocycles. The highest BCUT2D eigenvalue weighted by molar-refractivity contribution is 5.85. The molecule has 0 bridgehead atoms. The number of hydrogen-bond donors (Lipinski definition) is 1. The number of nitrogens with zero attached hydrogens (tertiary/aromatic N) is 1. The van der Waals surface area contributed by atoms with Crippen molar-refractivity contribution in [1.29, 1.82) is 0 Å².